The van der Waals surface area contributed by atoms with Crippen LogP contribution in [0.25, 0.3) is 10.9 Å². The van der Waals surface area contributed by atoms with Gasteiger partial charge in [0, 0.05) is 7.05 Å². The summed E-state index contributed by atoms with van der Waals surface area (Å²) in [5, 5.41) is 0.396. The van der Waals surface area contributed by atoms with Crippen molar-refractivity contribution < 1.29 is 23.9 Å². The van der Waals surface area contributed by atoms with Gasteiger partial charge in [0.2, 0.25) is 6.10 Å². The summed E-state index contributed by atoms with van der Waals surface area (Å²) in [4.78, 5) is 57.4. The highest BCUT2D eigenvalue weighted by Crippen LogP contribution is 2.33. The van der Waals surface area contributed by atoms with Crippen LogP contribution < -0.4 is 10.5 Å². The first kappa shape index (κ1) is 31.9. The summed E-state index contributed by atoms with van der Waals surface area (Å²) in [5.74, 6) is -1.17. The number of nitrogens with zero attached hydrogens (tertiary/aromatic N) is 3. The summed E-state index contributed by atoms with van der Waals surface area (Å²) in [6, 6.07) is 11.5. The molecule has 1 atom stereocenters. The van der Waals surface area contributed by atoms with Gasteiger partial charge in [-0.2, -0.15) is 0 Å². The van der Waals surface area contributed by atoms with Crippen molar-refractivity contribution in [3.63, 3.8) is 0 Å². The molecule has 0 saturated carbocycles. The van der Waals surface area contributed by atoms with Crippen molar-refractivity contribution in [3.8, 4) is 0 Å². The maximum Gasteiger partial charge on any atom is 0.422 e. The lowest BCUT2D eigenvalue weighted by Crippen LogP contribution is -2.32. The molecule has 9 nitrogen and oxygen atoms in total. The topological polar surface area (TPSA) is 108 Å². The van der Waals surface area contributed by atoms with Crippen molar-refractivity contribution in [2.24, 2.45) is 7.05 Å². The first-order valence-corrected chi connectivity index (χ1v) is 15.6. The van der Waals surface area contributed by atoms with Gasteiger partial charge in [-0.25, -0.2) is 19.5 Å². The van der Waals surface area contributed by atoms with Gasteiger partial charge in [0.15, 0.2) is 5.82 Å². The molecule has 2 heterocycles. The lowest BCUT2D eigenvalue weighted by atomic mass is 10.1. The normalized spacial score (nSPS) is 14.9. The summed E-state index contributed by atoms with van der Waals surface area (Å²) in [7, 11) is 1.49. The van der Waals surface area contributed by atoms with E-state index in [1.54, 1.807) is 43.3 Å². The quantitative estimate of drug-likeness (QED) is 0.127. The average molecular weight is 590 g/mol. The first-order valence-electron chi connectivity index (χ1n) is 15.6. The average Bonchev–Trinajstić information content (AvgIpc) is 3.30. The molecule has 0 spiro atoms. The minimum absolute atomic E-state index is 0.0279. The van der Waals surface area contributed by atoms with Gasteiger partial charge in [-0.05, 0) is 43.2 Å². The number of aromatic nitrogens is 2. The van der Waals surface area contributed by atoms with Crippen molar-refractivity contribution in [1.29, 1.82) is 0 Å². The van der Waals surface area contributed by atoms with Crippen LogP contribution in [0.1, 0.15) is 112 Å². The maximum atomic E-state index is 13.5. The number of anilines is 1. The second-order valence-corrected chi connectivity index (χ2v) is 11.3. The van der Waals surface area contributed by atoms with E-state index in [1.807, 2.05) is 0 Å². The molecule has 230 valence electrons. The molecule has 1 aromatic heterocycles. The molecule has 1 unspecified atom stereocenters. The number of carbonyl (C=O) groups excluding carboxylic acids is 3. The number of carbonyl (C=O) groups is 3. The smallest absolute Gasteiger partial charge is 0.422 e. The Morgan fingerprint density at radius 1 is 0.884 bits per heavy atom. The number of fused-ring (bicyclic) bond motifs is 1. The van der Waals surface area contributed by atoms with Gasteiger partial charge in [0.05, 0.1) is 28.8 Å². The molecule has 43 heavy (non-hydrogen) atoms. The fourth-order valence-electron chi connectivity index (χ4n) is 5.43. The Morgan fingerprint density at radius 3 is 2.19 bits per heavy atom. The van der Waals surface area contributed by atoms with Gasteiger partial charge in [-0.3, -0.25) is 14.2 Å². The highest BCUT2D eigenvalue weighted by molar-refractivity contribution is 6.18. The van der Waals surface area contributed by atoms with E-state index in [2.05, 4.69) is 11.9 Å². The van der Waals surface area contributed by atoms with Gasteiger partial charge in [0.25, 0.3) is 11.5 Å². The standard InChI is InChI=1S/C34H43N3O6/c1-4-5-6-7-8-9-10-11-12-13-14-17-22-42-33(40)25-21-20-24(2)28(23-25)37-32(39)29(43-34(37)41)30-35-27-19-16-15-18-26(27)31(38)36(30)3/h15-16,18-21,23,29H,4-14,17,22H2,1-3H3. The van der Waals surface area contributed by atoms with Crippen LogP contribution in [0.2, 0.25) is 0 Å². The molecule has 0 aliphatic carbocycles. The van der Waals surface area contributed by atoms with E-state index in [9.17, 15) is 19.2 Å². The number of para-hydroxylation sites is 1. The molecule has 1 aliphatic rings. The van der Waals surface area contributed by atoms with Gasteiger partial charge in [0.1, 0.15) is 0 Å². The summed E-state index contributed by atoms with van der Waals surface area (Å²) >= 11 is 0. The molecule has 1 saturated heterocycles. The number of ether oxygens (including phenoxy) is 2. The zero-order chi connectivity index (χ0) is 30.8. The van der Waals surface area contributed by atoms with Gasteiger partial charge < -0.3 is 9.47 Å². The number of imide groups is 1. The molecule has 0 bridgehead atoms. The molecule has 3 aromatic rings. The van der Waals surface area contributed by atoms with Gasteiger partial charge >= 0.3 is 12.1 Å². The molecule has 2 aromatic carbocycles. The fraction of sp³-hybridized carbons (Fsp3) is 0.500. The zero-order valence-electron chi connectivity index (χ0n) is 25.6. The number of rotatable bonds is 16. The number of hydrogen-bond donors (Lipinski definition) is 0. The molecule has 1 fully saturated rings. The van der Waals surface area contributed by atoms with E-state index in [1.165, 1.54) is 75.5 Å². The molecule has 0 radical (unpaired) electrons. The number of aryl methyl sites for hydroxylation is 1. The molecular formula is C34H43N3O6. The third-order valence-electron chi connectivity index (χ3n) is 8.01. The highest BCUT2D eigenvalue weighted by Gasteiger charge is 2.45. The Kier molecular flexibility index (Phi) is 11.5. The molecule has 9 heteroatoms. The highest BCUT2D eigenvalue weighted by atomic mass is 16.6. The number of benzene rings is 2. The second-order valence-electron chi connectivity index (χ2n) is 11.3. The minimum Gasteiger partial charge on any atom is -0.462 e. The number of cyclic esters (lactones) is 1. The van der Waals surface area contributed by atoms with Crippen LogP contribution in [-0.4, -0.2) is 34.1 Å². The van der Waals surface area contributed by atoms with Crippen LogP contribution in [0, 0.1) is 6.92 Å². The number of unbranched alkanes of at least 4 members (excludes halogenated alkanes) is 11. The lowest BCUT2D eigenvalue weighted by Gasteiger charge is -2.16. The summed E-state index contributed by atoms with van der Waals surface area (Å²) in [6.45, 7) is 4.28. The SMILES string of the molecule is CCCCCCCCCCCCCCOC(=O)c1ccc(C)c(N2C(=O)OC(c3nc4ccccc4c(=O)n3C)C2=O)c1. The van der Waals surface area contributed by atoms with Crippen molar-refractivity contribution in [2.75, 3.05) is 11.5 Å². The van der Waals surface area contributed by atoms with Crippen molar-refractivity contribution in [2.45, 2.75) is 97.0 Å². The Bertz CT molecular complexity index is 1500. The Morgan fingerprint density at radius 2 is 1.51 bits per heavy atom. The van der Waals surface area contributed by atoms with E-state index >= 15 is 0 Å². The van der Waals surface area contributed by atoms with Crippen LogP contribution >= 0.6 is 0 Å². The van der Waals surface area contributed by atoms with E-state index in [-0.39, 0.29) is 22.6 Å². The van der Waals surface area contributed by atoms with Crippen LogP contribution in [-0.2, 0) is 21.3 Å². The third-order valence-corrected chi connectivity index (χ3v) is 8.01. The Balaban J connectivity index is 1.30. The van der Waals surface area contributed by atoms with E-state index in [0.29, 0.717) is 23.1 Å². The van der Waals surface area contributed by atoms with Gasteiger partial charge in [-0.15, -0.1) is 0 Å². The molecule has 2 amide bonds. The monoisotopic (exact) mass is 589 g/mol. The molecule has 4 rings (SSSR count). The second kappa shape index (κ2) is 15.5. The zero-order valence-corrected chi connectivity index (χ0v) is 25.6. The predicted octanol–water partition coefficient (Wildman–Crippen LogP) is 7.32. The Hall–Kier alpha value is -4.01. The maximum absolute atomic E-state index is 13.5. The molecule has 1 aliphatic heterocycles. The van der Waals surface area contributed by atoms with Gasteiger partial charge in [-0.1, -0.05) is 95.8 Å². The summed E-state index contributed by atoms with van der Waals surface area (Å²) in [6.07, 6.45) is 12.4. The number of amides is 2. The molecule has 0 N–H and O–H groups in total. The fourth-order valence-corrected chi connectivity index (χ4v) is 5.43. The van der Waals surface area contributed by atoms with Crippen LogP contribution in [0.3, 0.4) is 0 Å². The number of hydrogen-bond acceptors (Lipinski definition) is 7. The minimum atomic E-state index is -1.39. The van der Waals surface area contributed by atoms with Crippen LogP contribution in [0.15, 0.2) is 47.3 Å². The Labute approximate surface area is 253 Å². The summed E-state index contributed by atoms with van der Waals surface area (Å²) < 4.78 is 12.1. The van der Waals surface area contributed by atoms with Crippen molar-refractivity contribution in [3.05, 3.63) is 69.8 Å². The van der Waals surface area contributed by atoms with Crippen LogP contribution in [0.4, 0.5) is 10.5 Å². The largest absolute Gasteiger partial charge is 0.462 e. The third kappa shape index (κ3) is 7.89. The van der Waals surface area contributed by atoms with E-state index in [0.717, 1.165) is 24.2 Å². The predicted molar refractivity (Wildman–Crippen MR) is 166 cm³/mol. The first-order chi connectivity index (χ1) is 20.8. The van der Waals surface area contributed by atoms with Crippen LogP contribution in [0.5, 0.6) is 0 Å². The van der Waals surface area contributed by atoms with Crippen molar-refractivity contribution in [1.82, 2.24) is 9.55 Å². The van der Waals surface area contributed by atoms with E-state index < -0.39 is 24.1 Å². The number of esters is 1. The summed E-state index contributed by atoms with van der Waals surface area (Å²) in [5.41, 5.74) is 1.11. The van der Waals surface area contributed by atoms with Crippen molar-refractivity contribution >= 4 is 34.6 Å². The van der Waals surface area contributed by atoms with E-state index in [4.69, 9.17) is 9.47 Å². The molecular weight excluding hydrogens is 546 g/mol. The lowest BCUT2D eigenvalue weighted by molar-refractivity contribution is -0.122.